The van der Waals surface area contributed by atoms with Gasteiger partial charge in [0.15, 0.2) is 0 Å². The van der Waals surface area contributed by atoms with Gasteiger partial charge in [-0.1, -0.05) is 103 Å². The van der Waals surface area contributed by atoms with Crippen LogP contribution in [-0.4, -0.2) is 0 Å². The van der Waals surface area contributed by atoms with E-state index in [2.05, 4.69) is 139 Å². The van der Waals surface area contributed by atoms with E-state index in [9.17, 15) is 0 Å². The zero-order valence-corrected chi connectivity index (χ0v) is 20.4. The molecule has 0 amide bonds. The number of rotatable bonds is 0. The van der Waals surface area contributed by atoms with E-state index in [-0.39, 0.29) is 5.41 Å². The Kier molecular flexibility index (Phi) is 4.05. The summed E-state index contributed by atoms with van der Waals surface area (Å²) in [6.45, 7) is 2.24. The first-order valence-electron chi connectivity index (χ1n) is 11.4. The normalized spacial score (nSPS) is 14.0. The molecule has 0 bridgehead atoms. The molecule has 0 aromatic heterocycles. The van der Waals surface area contributed by atoms with Crippen LogP contribution >= 0.6 is 22.6 Å². The summed E-state index contributed by atoms with van der Waals surface area (Å²) in [4.78, 5) is 0. The van der Waals surface area contributed by atoms with Crippen LogP contribution in [0.4, 0.5) is 0 Å². The summed E-state index contributed by atoms with van der Waals surface area (Å²) in [6, 6.07) is 40.9. The molecule has 0 aliphatic heterocycles. The number of benzene rings is 5. The van der Waals surface area contributed by atoms with E-state index in [1.54, 1.807) is 0 Å². The van der Waals surface area contributed by atoms with E-state index in [0.717, 1.165) is 0 Å². The molecule has 0 heterocycles. The zero-order valence-electron chi connectivity index (χ0n) is 18.3. The smallest absolute Gasteiger partial charge is 0.0619 e. The first kappa shape index (κ1) is 19.3. The van der Waals surface area contributed by atoms with Crippen molar-refractivity contribution >= 4 is 22.6 Å². The number of hydrogen-bond donors (Lipinski definition) is 0. The van der Waals surface area contributed by atoms with Crippen LogP contribution in [0.25, 0.3) is 33.4 Å². The molecule has 0 saturated heterocycles. The van der Waals surface area contributed by atoms with Crippen molar-refractivity contribution in [3.05, 3.63) is 141 Å². The van der Waals surface area contributed by atoms with Crippen molar-refractivity contribution in [2.75, 3.05) is 0 Å². The van der Waals surface area contributed by atoms with Crippen LogP contribution in [-0.2, 0) is 5.41 Å². The highest BCUT2D eigenvalue weighted by atomic mass is 127. The number of hydrogen-bond acceptors (Lipinski definition) is 0. The maximum atomic E-state index is 2.49. The van der Waals surface area contributed by atoms with Crippen LogP contribution in [0.1, 0.15) is 27.8 Å². The van der Waals surface area contributed by atoms with Gasteiger partial charge in [0.05, 0.1) is 5.41 Å². The Balaban J connectivity index is 1.79. The highest BCUT2D eigenvalue weighted by molar-refractivity contribution is 14.1. The minimum atomic E-state index is -0.354. The third-order valence-corrected chi connectivity index (χ3v) is 8.66. The Labute approximate surface area is 208 Å². The molecular weight excluding hydrogens is 511 g/mol. The van der Waals surface area contributed by atoms with Crippen LogP contribution in [0.15, 0.2) is 109 Å². The summed E-state index contributed by atoms with van der Waals surface area (Å²) in [5.41, 5.74) is 14.5. The molecule has 0 atom stereocenters. The van der Waals surface area contributed by atoms with E-state index in [1.165, 1.54) is 64.8 Å². The Morgan fingerprint density at radius 2 is 0.848 bits per heavy atom. The Morgan fingerprint density at radius 3 is 1.36 bits per heavy atom. The summed E-state index contributed by atoms with van der Waals surface area (Å²) >= 11 is 2.49. The van der Waals surface area contributed by atoms with Gasteiger partial charge in [0.25, 0.3) is 0 Å². The van der Waals surface area contributed by atoms with Gasteiger partial charge >= 0.3 is 0 Å². The lowest BCUT2D eigenvalue weighted by Gasteiger charge is -2.35. The Morgan fingerprint density at radius 1 is 0.455 bits per heavy atom. The Bertz CT molecular complexity index is 1550. The van der Waals surface area contributed by atoms with E-state index < -0.39 is 0 Å². The number of aryl methyl sites for hydroxylation is 1. The lowest BCUT2D eigenvalue weighted by Crippen LogP contribution is -2.29. The molecule has 0 nitrogen and oxygen atoms in total. The molecule has 5 aromatic carbocycles. The van der Waals surface area contributed by atoms with Gasteiger partial charge in [0.1, 0.15) is 0 Å². The first-order valence-corrected chi connectivity index (χ1v) is 12.5. The van der Waals surface area contributed by atoms with Crippen molar-refractivity contribution in [2.24, 2.45) is 0 Å². The highest BCUT2D eigenvalue weighted by Gasteiger charge is 2.49. The van der Waals surface area contributed by atoms with Crippen LogP contribution in [0.5, 0.6) is 0 Å². The van der Waals surface area contributed by atoms with Gasteiger partial charge < -0.3 is 0 Å². The molecule has 2 aliphatic rings. The largest absolute Gasteiger partial charge is 0.0725 e. The summed E-state index contributed by atoms with van der Waals surface area (Å²) in [6.07, 6.45) is 0. The Hall–Kier alpha value is -3.17. The maximum absolute atomic E-state index is 2.49. The fourth-order valence-electron chi connectivity index (χ4n) is 6.17. The lowest BCUT2D eigenvalue weighted by atomic mass is 9.65. The van der Waals surface area contributed by atoms with Crippen molar-refractivity contribution in [2.45, 2.75) is 12.3 Å². The molecule has 7 rings (SSSR count). The molecule has 33 heavy (non-hydrogen) atoms. The monoisotopic (exact) mass is 532 g/mol. The molecule has 0 fully saturated rings. The molecule has 0 radical (unpaired) electrons. The van der Waals surface area contributed by atoms with Gasteiger partial charge in [-0.2, -0.15) is 0 Å². The van der Waals surface area contributed by atoms with Crippen molar-refractivity contribution in [1.29, 1.82) is 0 Å². The summed E-state index contributed by atoms with van der Waals surface area (Å²) in [7, 11) is 0. The quantitative estimate of drug-likeness (QED) is 0.172. The predicted octanol–water partition coefficient (Wildman–Crippen LogP) is 8.61. The SMILES string of the molecule is Cc1cc2c(cc1I)-c1ccccc1-c1ccccc1C21c2ccccc2-c2ccccc21. The third-order valence-electron chi connectivity index (χ3n) is 7.49. The van der Waals surface area contributed by atoms with Crippen LogP contribution in [0.3, 0.4) is 0 Å². The van der Waals surface area contributed by atoms with Crippen molar-refractivity contribution in [3.63, 3.8) is 0 Å². The van der Waals surface area contributed by atoms with E-state index in [4.69, 9.17) is 0 Å². The second-order valence-electron chi connectivity index (χ2n) is 9.08. The van der Waals surface area contributed by atoms with E-state index >= 15 is 0 Å². The molecular formula is C32H21I. The minimum Gasteiger partial charge on any atom is -0.0619 e. The van der Waals surface area contributed by atoms with Crippen molar-refractivity contribution in [3.8, 4) is 33.4 Å². The first-order chi connectivity index (χ1) is 16.2. The average molecular weight is 532 g/mol. The van der Waals surface area contributed by atoms with Gasteiger partial charge in [-0.3, -0.25) is 0 Å². The molecule has 0 N–H and O–H groups in total. The fraction of sp³-hybridized carbons (Fsp3) is 0.0625. The second kappa shape index (κ2) is 6.91. The van der Waals surface area contributed by atoms with Gasteiger partial charge in [0, 0.05) is 3.57 Å². The van der Waals surface area contributed by atoms with Crippen LogP contribution in [0.2, 0.25) is 0 Å². The number of fused-ring (bicyclic) bond motifs is 12. The van der Waals surface area contributed by atoms with Gasteiger partial charge in [-0.05, 0) is 96.8 Å². The van der Waals surface area contributed by atoms with Gasteiger partial charge in [0.2, 0.25) is 0 Å². The van der Waals surface area contributed by atoms with Crippen LogP contribution in [0, 0.1) is 10.5 Å². The molecule has 2 aliphatic carbocycles. The highest BCUT2D eigenvalue weighted by Crippen LogP contribution is 2.61. The lowest BCUT2D eigenvalue weighted by molar-refractivity contribution is 0.774. The second-order valence-corrected chi connectivity index (χ2v) is 10.2. The summed E-state index contributed by atoms with van der Waals surface area (Å²) < 4.78 is 1.31. The topological polar surface area (TPSA) is 0 Å². The van der Waals surface area contributed by atoms with Crippen LogP contribution < -0.4 is 0 Å². The molecule has 5 aromatic rings. The fourth-order valence-corrected chi connectivity index (χ4v) is 6.64. The van der Waals surface area contributed by atoms with E-state index in [1.807, 2.05) is 0 Å². The molecule has 156 valence electrons. The number of halogens is 1. The van der Waals surface area contributed by atoms with Gasteiger partial charge in [-0.15, -0.1) is 0 Å². The minimum absolute atomic E-state index is 0.354. The van der Waals surface area contributed by atoms with Crippen molar-refractivity contribution < 1.29 is 0 Å². The summed E-state index contributed by atoms with van der Waals surface area (Å²) in [5, 5.41) is 0. The molecule has 1 heteroatoms. The van der Waals surface area contributed by atoms with Crippen molar-refractivity contribution in [1.82, 2.24) is 0 Å². The maximum Gasteiger partial charge on any atom is 0.0725 e. The standard InChI is InChI=1S/C32H21I/c1-20-18-30-26(19-31(20)33)22-11-3-2-10-21(22)23-12-4-7-15-27(23)32(30)28-16-8-5-13-24(28)25-14-6-9-17-29(25)32/h2-19H,1H3. The predicted molar refractivity (Wildman–Crippen MR) is 146 cm³/mol. The molecule has 0 unspecified atom stereocenters. The average Bonchev–Trinajstić information content (AvgIpc) is 3.11. The third kappa shape index (κ3) is 2.41. The van der Waals surface area contributed by atoms with E-state index in [0.29, 0.717) is 0 Å². The molecule has 1 spiro atoms. The van der Waals surface area contributed by atoms with Gasteiger partial charge in [-0.25, -0.2) is 0 Å². The molecule has 0 saturated carbocycles. The summed E-state index contributed by atoms with van der Waals surface area (Å²) in [5.74, 6) is 0. The zero-order chi connectivity index (χ0) is 22.2.